The van der Waals surface area contributed by atoms with E-state index in [0.717, 1.165) is 28.2 Å². The third kappa shape index (κ3) is 3.85. The Morgan fingerprint density at radius 3 is 2.66 bits per heavy atom. The number of nitrogens with one attached hydrogen (secondary N) is 2. The second-order valence-corrected chi connectivity index (χ2v) is 8.20. The fraction of sp³-hybridized carbons (Fsp3) is 0.286. The van der Waals surface area contributed by atoms with E-state index in [-0.39, 0.29) is 17.8 Å². The van der Waals surface area contributed by atoms with Gasteiger partial charge in [0.1, 0.15) is 11.1 Å². The normalized spacial score (nSPS) is 18.1. The highest BCUT2D eigenvalue weighted by Gasteiger charge is 2.37. The van der Waals surface area contributed by atoms with Gasteiger partial charge in [0.25, 0.3) is 0 Å². The molecule has 29 heavy (non-hydrogen) atoms. The molecule has 0 aliphatic carbocycles. The molecule has 2 atom stereocenters. The molecule has 8 heteroatoms. The minimum Gasteiger partial charge on any atom is -0.325 e. The lowest BCUT2D eigenvalue weighted by atomic mass is 10.0. The summed E-state index contributed by atoms with van der Waals surface area (Å²) in [5.74, 6) is 0.330. The van der Waals surface area contributed by atoms with Crippen LogP contribution in [-0.4, -0.2) is 26.0 Å². The molecule has 0 radical (unpaired) electrons. The van der Waals surface area contributed by atoms with Crippen molar-refractivity contribution in [3.63, 3.8) is 0 Å². The Morgan fingerprint density at radius 1 is 1.21 bits per heavy atom. The van der Waals surface area contributed by atoms with Crippen molar-refractivity contribution in [2.45, 2.75) is 43.6 Å². The van der Waals surface area contributed by atoms with Gasteiger partial charge in [0.15, 0.2) is 5.82 Å². The van der Waals surface area contributed by atoms with Crippen molar-refractivity contribution in [1.29, 1.82) is 0 Å². The van der Waals surface area contributed by atoms with Crippen LogP contribution in [0.1, 0.15) is 35.5 Å². The van der Waals surface area contributed by atoms with E-state index in [2.05, 4.69) is 20.9 Å². The Labute approximate surface area is 172 Å². The summed E-state index contributed by atoms with van der Waals surface area (Å²) in [5.41, 5.74) is 7.10. The number of hydrogen-bond acceptors (Lipinski definition) is 5. The summed E-state index contributed by atoms with van der Waals surface area (Å²) in [5, 5.41) is 11.6. The molecule has 2 aromatic carbocycles. The zero-order valence-corrected chi connectivity index (χ0v) is 17.3. The number of nitrogens with zero attached hydrogens (tertiary/aromatic N) is 3. The van der Waals surface area contributed by atoms with Gasteiger partial charge in [-0.05, 0) is 43.2 Å². The van der Waals surface area contributed by atoms with Gasteiger partial charge in [0, 0.05) is 12.1 Å². The van der Waals surface area contributed by atoms with Crippen molar-refractivity contribution in [2.24, 2.45) is 0 Å². The SMILES string of the molecule is CCc1nnc2n1N[C@@H](c1ccc(F)cc1)[C@H](C(=O)Nc1ccc(C)cc1C)S2. The second-order valence-electron chi connectivity index (χ2n) is 7.09. The molecule has 2 N–H and O–H groups in total. The van der Waals surface area contributed by atoms with E-state index in [1.54, 1.807) is 12.1 Å². The van der Waals surface area contributed by atoms with Crippen molar-refractivity contribution in [3.05, 3.63) is 70.8 Å². The van der Waals surface area contributed by atoms with Crippen LogP contribution in [0.4, 0.5) is 10.1 Å². The van der Waals surface area contributed by atoms with Crippen molar-refractivity contribution in [1.82, 2.24) is 14.9 Å². The Kier molecular flexibility index (Phi) is 5.27. The van der Waals surface area contributed by atoms with E-state index in [1.165, 1.54) is 23.9 Å². The largest absolute Gasteiger partial charge is 0.325 e. The molecule has 150 valence electrons. The molecular weight excluding hydrogens is 389 g/mol. The lowest BCUT2D eigenvalue weighted by Crippen LogP contribution is -2.41. The quantitative estimate of drug-likeness (QED) is 0.679. The first-order valence-electron chi connectivity index (χ1n) is 9.47. The van der Waals surface area contributed by atoms with Crippen LogP contribution >= 0.6 is 11.8 Å². The minimum absolute atomic E-state index is 0.143. The first-order chi connectivity index (χ1) is 14.0. The zero-order valence-electron chi connectivity index (χ0n) is 16.4. The average molecular weight is 412 g/mol. The fourth-order valence-corrected chi connectivity index (χ4v) is 4.50. The number of aromatic nitrogens is 3. The van der Waals surface area contributed by atoms with Crippen LogP contribution in [-0.2, 0) is 11.2 Å². The molecule has 1 aromatic heterocycles. The lowest BCUT2D eigenvalue weighted by molar-refractivity contribution is -0.116. The van der Waals surface area contributed by atoms with Gasteiger partial charge in [-0.2, -0.15) is 0 Å². The fourth-order valence-electron chi connectivity index (χ4n) is 3.41. The molecule has 3 aromatic rings. The predicted octanol–water partition coefficient (Wildman–Crippen LogP) is 3.99. The van der Waals surface area contributed by atoms with Crippen LogP contribution in [0.2, 0.25) is 0 Å². The number of fused-ring (bicyclic) bond motifs is 1. The maximum Gasteiger partial charge on any atom is 0.240 e. The standard InChI is InChI=1S/C21H22FN5OS/c1-4-17-24-25-21-27(17)26-18(14-6-8-15(22)9-7-14)19(29-21)20(28)23-16-10-5-12(2)11-13(16)3/h5-11,18-19,26H,4H2,1-3H3,(H,23,28)/t18-,19+/m0/s1. The van der Waals surface area contributed by atoms with Crippen molar-refractivity contribution >= 4 is 23.4 Å². The molecule has 2 heterocycles. The van der Waals surface area contributed by atoms with Gasteiger partial charge in [-0.25, -0.2) is 9.07 Å². The van der Waals surface area contributed by atoms with Gasteiger partial charge in [-0.3, -0.25) is 4.79 Å². The van der Waals surface area contributed by atoms with Crippen LogP contribution < -0.4 is 10.7 Å². The molecule has 0 saturated heterocycles. The number of aryl methyl sites for hydroxylation is 3. The van der Waals surface area contributed by atoms with E-state index >= 15 is 0 Å². The van der Waals surface area contributed by atoms with E-state index in [9.17, 15) is 9.18 Å². The Balaban J connectivity index is 1.67. The average Bonchev–Trinajstić information content (AvgIpc) is 3.12. The number of thioether (sulfide) groups is 1. The van der Waals surface area contributed by atoms with Gasteiger partial charge in [-0.1, -0.05) is 48.5 Å². The topological polar surface area (TPSA) is 71.8 Å². The minimum atomic E-state index is -0.498. The van der Waals surface area contributed by atoms with Gasteiger partial charge >= 0.3 is 0 Å². The molecule has 0 saturated carbocycles. The molecule has 0 unspecified atom stereocenters. The molecule has 1 amide bonds. The smallest absolute Gasteiger partial charge is 0.240 e. The van der Waals surface area contributed by atoms with Crippen molar-refractivity contribution in [2.75, 3.05) is 10.7 Å². The van der Waals surface area contributed by atoms with Crippen LogP contribution in [0.3, 0.4) is 0 Å². The van der Waals surface area contributed by atoms with E-state index < -0.39 is 5.25 Å². The number of carbonyl (C=O) groups is 1. The van der Waals surface area contributed by atoms with Crippen molar-refractivity contribution < 1.29 is 9.18 Å². The number of carbonyl (C=O) groups excluding carboxylic acids is 1. The molecule has 4 rings (SSSR count). The van der Waals surface area contributed by atoms with E-state index in [0.29, 0.717) is 11.6 Å². The maximum atomic E-state index is 13.5. The van der Waals surface area contributed by atoms with E-state index in [1.807, 2.05) is 43.6 Å². The first kappa shape index (κ1) is 19.4. The molecule has 6 nitrogen and oxygen atoms in total. The molecule has 0 spiro atoms. The lowest BCUT2D eigenvalue weighted by Gasteiger charge is -2.33. The summed E-state index contributed by atoms with van der Waals surface area (Å²) in [4.78, 5) is 13.2. The van der Waals surface area contributed by atoms with Gasteiger partial charge < -0.3 is 10.7 Å². The highest BCUT2D eigenvalue weighted by Crippen LogP contribution is 2.37. The van der Waals surface area contributed by atoms with Gasteiger partial charge in [-0.15, -0.1) is 10.2 Å². The Morgan fingerprint density at radius 2 is 1.97 bits per heavy atom. The van der Waals surface area contributed by atoms with Gasteiger partial charge in [0.2, 0.25) is 11.1 Å². The third-order valence-electron chi connectivity index (χ3n) is 4.95. The molecule has 1 aliphatic rings. The highest BCUT2D eigenvalue weighted by molar-refractivity contribution is 8.00. The number of anilines is 1. The summed E-state index contributed by atoms with van der Waals surface area (Å²) in [7, 11) is 0. The van der Waals surface area contributed by atoms with Crippen LogP contribution in [0.5, 0.6) is 0 Å². The summed E-state index contributed by atoms with van der Waals surface area (Å²) in [6, 6.07) is 11.8. The van der Waals surface area contributed by atoms with Crippen molar-refractivity contribution in [3.8, 4) is 0 Å². The summed E-state index contributed by atoms with van der Waals surface area (Å²) < 4.78 is 15.3. The summed E-state index contributed by atoms with van der Waals surface area (Å²) in [6.07, 6.45) is 0.704. The predicted molar refractivity (Wildman–Crippen MR) is 112 cm³/mol. The number of hydrogen-bond donors (Lipinski definition) is 2. The maximum absolute atomic E-state index is 13.5. The molecular formula is C21H22FN5OS. The molecule has 0 fully saturated rings. The second kappa shape index (κ2) is 7.87. The Bertz CT molecular complexity index is 1050. The third-order valence-corrected chi connectivity index (χ3v) is 6.16. The Hall–Kier alpha value is -2.87. The number of amides is 1. The van der Waals surface area contributed by atoms with Crippen LogP contribution in [0.15, 0.2) is 47.6 Å². The number of benzene rings is 2. The zero-order chi connectivity index (χ0) is 20.5. The molecule has 0 bridgehead atoms. The highest BCUT2D eigenvalue weighted by atomic mass is 32.2. The number of halogens is 1. The van der Waals surface area contributed by atoms with Crippen LogP contribution in [0.25, 0.3) is 0 Å². The van der Waals surface area contributed by atoms with E-state index in [4.69, 9.17) is 0 Å². The molecule has 1 aliphatic heterocycles. The summed E-state index contributed by atoms with van der Waals surface area (Å²) >= 11 is 1.36. The summed E-state index contributed by atoms with van der Waals surface area (Å²) in [6.45, 7) is 5.98. The van der Waals surface area contributed by atoms with Crippen LogP contribution in [0, 0.1) is 19.7 Å². The number of rotatable bonds is 4. The monoisotopic (exact) mass is 411 g/mol. The first-order valence-corrected chi connectivity index (χ1v) is 10.4. The van der Waals surface area contributed by atoms with Gasteiger partial charge in [0.05, 0.1) is 6.04 Å².